The highest BCUT2D eigenvalue weighted by atomic mass is 79.9. The first-order valence-corrected chi connectivity index (χ1v) is 7.11. The van der Waals surface area contributed by atoms with Crippen LogP contribution in [0.4, 0.5) is 4.39 Å². The Bertz CT molecular complexity index is 615. The van der Waals surface area contributed by atoms with Crippen molar-refractivity contribution in [1.82, 2.24) is 0 Å². The van der Waals surface area contributed by atoms with Crippen LogP contribution in [-0.4, -0.2) is 12.4 Å². The largest absolute Gasteiger partial charge is 0.492 e. The zero-order chi connectivity index (χ0) is 14.9. The SMILES string of the molecule is CC(=O)/C=C/C1=CC(C)(C)COc2cc(Br)c(F)cc21. The van der Waals surface area contributed by atoms with Gasteiger partial charge in [0.2, 0.25) is 0 Å². The van der Waals surface area contributed by atoms with E-state index in [2.05, 4.69) is 15.9 Å². The molecule has 0 aliphatic carbocycles. The number of ether oxygens (including phenoxy) is 1. The highest BCUT2D eigenvalue weighted by Crippen LogP contribution is 2.38. The van der Waals surface area contributed by atoms with E-state index in [0.717, 1.165) is 5.57 Å². The van der Waals surface area contributed by atoms with Crippen LogP contribution in [0.5, 0.6) is 5.75 Å². The molecule has 1 aliphatic rings. The first-order valence-electron chi connectivity index (χ1n) is 6.32. The molecule has 2 rings (SSSR count). The van der Waals surface area contributed by atoms with Crippen molar-refractivity contribution in [3.8, 4) is 5.75 Å². The van der Waals surface area contributed by atoms with Gasteiger partial charge in [-0.3, -0.25) is 4.79 Å². The van der Waals surface area contributed by atoms with Gasteiger partial charge in [0.25, 0.3) is 0 Å². The fourth-order valence-electron chi connectivity index (χ4n) is 2.02. The van der Waals surface area contributed by atoms with E-state index in [4.69, 9.17) is 4.74 Å². The summed E-state index contributed by atoms with van der Waals surface area (Å²) in [6.07, 6.45) is 5.20. The van der Waals surface area contributed by atoms with Gasteiger partial charge in [0.1, 0.15) is 11.6 Å². The van der Waals surface area contributed by atoms with Gasteiger partial charge in [-0.2, -0.15) is 0 Å². The van der Waals surface area contributed by atoms with Gasteiger partial charge < -0.3 is 4.74 Å². The van der Waals surface area contributed by atoms with Gasteiger partial charge in [-0.1, -0.05) is 26.0 Å². The molecule has 1 aliphatic heterocycles. The molecule has 2 nitrogen and oxygen atoms in total. The Hall–Kier alpha value is -1.42. The molecular weight excluding hydrogens is 323 g/mol. The number of allylic oxidation sites excluding steroid dienone is 3. The van der Waals surface area contributed by atoms with Crippen molar-refractivity contribution in [1.29, 1.82) is 0 Å². The van der Waals surface area contributed by atoms with Crippen LogP contribution in [-0.2, 0) is 4.79 Å². The molecule has 0 aromatic heterocycles. The van der Waals surface area contributed by atoms with E-state index < -0.39 is 0 Å². The third kappa shape index (κ3) is 3.37. The first-order chi connectivity index (χ1) is 9.28. The molecule has 0 saturated heterocycles. The van der Waals surface area contributed by atoms with Crippen LogP contribution in [0.1, 0.15) is 26.3 Å². The summed E-state index contributed by atoms with van der Waals surface area (Å²) in [7, 11) is 0. The summed E-state index contributed by atoms with van der Waals surface area (Å²) in [5.41, 5.74) is 1.26. The molecule has 0 unspecified atom stereocenters. The van der Waals surface area contributed by atoms with Crippen LogP contribution in [0.2, 0.25) is 0 Å². The highest BCUT2D eigenvalue weighted by Gasteiger charge is 2.24. The molecule has 0 fully saturated rings. The van der Waals surface area contributed by atoms with E-state index in [1.54, 1.807) is 12.1 Å². The van der Waals surface area contributed by atoms with Gasteiger partial charge in [0.15, 0.2) is 5.78 Å². The highest BCUT2D eigenvalue weighted by molar-refractivity contribution is 9.10. The van der Waals surface area contributed by atoms with E-state index in [1.807, 2.05) is 19.9 Å². The molecule has 1 aromatic rings. The lowest BCUT2D eigenvalue weighted by molar-refractivity contribution is -0.112. The molecule has 0 N–H and O–H groups in total. The molecule has 0 atom stereocenters. The van der Waals surface area contributed by atoms with Crippen LogP contribution in [0.25, 0.3) is 5.57 Å². The molecule has 106 valence electrons. The molecule has 20 heavy (non-hydrogen) atoms. The quantitative estimate of drug-likeness (QED) is 0.740. The average Bonchev–Trinajstić information content (AvgIpc) is 2.46. The first kappa shape index (κ1) is 15.0. The summed E-state index contributed by atoms with van der Waals surface area (Å²) < 4.78 is 19.9. The van der Waals surface area contributed by atoms with Crippen molar-refractivity contribution in [2.24, 2.45) is 5.41 Å². The maximum absolute atomic E-state index is 13.8. The van der Waals surface area contributed by atoms with Crippen molar-refractivity contribution in [3.63, 3.8) is 0 Å². The van der Waals surface area contributed by atoms with Crippen LogP contribution in [0, 0.1) is 11.2 Å². The molecule has 0 bridgehead atoms. The fourth-order valence-corrected chi connectivity index (χ4v) is 2.35. The van der Waals surface area contributed by atoms with Gasteiger partial charge >= 0.3 is 0 Å². The Morgan fingerprint density at radius 3 is 2.80 bits per heavy atom. The zero-order valence-corrected chi connectivity index (χ0v) is 13.3. The summed E-state index contributed by atoms with van der Waals surface area (Å²) in [4.78, 5) is 11.1. The van der Waals surface area contributed by atoms with E-state index in [-0.39, 0.29) is 17.0 Å². The number of benzene rings is 1. The third-order valence-electron chi connectivity index (χ3n) is 2.98. The summed E-state index contributed by atoms with van der Waals surface area (Å²) in [5.74, 6) is 0.213. The summed E-state index contributed by atoms with van der Waals surface area (Å²) in [5, 5.41) is 0. The molecule has 0 amide bonds. The van der Waals surface area contributed by atoms with Crippen LogP contribution < -0.4 is 4.74 Å². The Morgan fingerprint density at radius 1 is 1.45 bits per heavy atom. The van der Waals surface area contributed by atoms with E-state index in [9.17, 15) is 9.18 Å². The Kier molecular flexibility index (Phi) is 4.14. The molecule has 1 aromatic carbocycles. The van der Waals surface area contributed by atoms with Crippen molar-refractivity contribution < 1.29 is 13.9 Å². The molecular formula is C16H16BrFO2. The van der Waals surface area contributed by atoms with Gasteiger partial charge in [0, 0.05) is 11.0 Å². The lowest BCUT2D eigenvalue weighted by Crippen LogP contribution is -2.17. The lowest BCUT2D eigenvalue weighted by Gasteiger charge is -2.18. The molecule has 0 saturated carbocycles. The standard InChI is InChI=1S/C16H16BrFO2/c1-10(19)4-5-11-8-16(2,3)9-20-15-7-13(17)14(18)6-12(11)15/h4-8H,9H2,1-3H3/b5-4+. The van der Waals surface area contributed by atoms with Crippen LogP contribution in [0.3, 0.4) is 0 Å². The number of fused-ring (bicyclic) bond motifs is 1. The number of halogens is 2. The summed E-state index contributed by atoms with van der Waals surface area (Å²) in [6.45, 7) is 6.05. The predicted octanol–water partition coefficient (Wildman–Crippen LogP) is 4.54. The van der Waals surface area contributed by atoms with E-state index in [1.165, 1.54) is 19.1 Å². The van der Waals surface area contributed by atoms with Crippen molar-refractivity contribution in [2.75, 3.05) is 6.61 Å². The Labute approximate surface area is 126 Å². The normalized spacial score (nSPS) is 17.1. The molecule has 4 heteroatoms. The van der Waals surface area contributed by atoms with Crippen LogP contribution >= 0.6 is 15.9 Å². The second-order valence-corrected chi connectivity index (χ2v) is 6.44. The monoisotopic (exact) mass is 338 g/mol. The van der Waals surface area contributed by atoms with Gasteiger partial charge in [-0.25, -0.2) is 4.39 Å². The number of carbonyl (C=O) groups is 1. The van der Waals surface area contributed by atoms with Gasteiger partial charge in [-0.15, -0.1) is 0 Å². The number of hydrogen-bond donors (Lipinski definition) is 0. The Morgan fingerprint density at radius 2 is 2.15 bits per heavy atom. The summed E-state index contributed by atoms with van der Waals surface area (Å²) >= 11 is 3.16. The fraction of sp³-hybridized carbons (Fsp3) is 0.312. The third-order valence-corrected chi connectivity index (χ3v) is 3.58. The minimum absolute atomic E-state index is 0.0481. The molecule has 0 spiro atoms. The predicted molar refractivity (Wildman–Crippen MR) is 81.2 cm³/mol. The minimum atomic E-state index is -0.353. The summed E-state index contributed by atoms with van der Waals surface area (Å²) in [6, 6.07) is 3.05. The van der Waals surface area contributed by atoms with E-state index in [0.29, 0.717) is 22.4 Å². The molecule has 1 heterocycles. The Balaban J connectivity index is 2.58. The maximum Gasteiger partial charge on any atom is 0.152 e. The van der Waals surface area contributed by atoms with Crippen molar-refractivity contribution in [2.45, 2.75) is 20.8 Å². The van der Waals surface area contributed by atoms with Gasteiger partial charge in [0.05, 0.1) is 11.1 Å². The molecule has 0 radical (unpaired) electrons. The number of rotatable bonds is 2. The van der Waals surface area contributed by atoms with Crippen molar-refractivity contribution in [3.05, 3.63) is 46.2 Å². The second kappa shape index (κ2) is 5.52. The van der Waals surface area contributed by atoms with Crippen molar-refractivity contribution >= 4 is 27.3 Å². The number of ketones is 1. The average molecular weight is 339 g/mol. The zero-order valence-electron chi connectivity index (χ0n) is 11.7. The lowest BCUT2D eigenvalue weighted by atomic mass is 9.90. The topological polar surface area (TPSA) is 26.3 Å². The second-order valence-electron chi connectivity index (χ2n) is 5.58. The van der Waals surface area contributed by atoms with Crippen LogP contribution in [0.15, 0.2) is 34.8 Å². The van der Waals surface area contributed by atoms with E-state index >= 15 is 0 Å². The number of hydrogen-bond acceptors (Lipinski definition) is 2. The maximum atomic E-state index is 13.8. The van der Waals surface area contributed by atoms with Gasteiger partial charge in [-0.05, 0) is 46.6 Å². The number of carbonyl (C=O) groups excluding carboxylic acids is 1. The minimum Gasteiger partial charge on any atom is -0.492 e. The smallest absolute Gasteiger partial charge is 0.152 e.